The van der Waals surface area contributed by atoms with Crippen molar-refractivity contribution in [1.82, 2.24) is 19.7 Å². The van der Waals surface area contributed by atoms with Crippen molar-refractivity contribution in [1.29, 1.82) is 0 Å². The molecule has 3 rings (SSSR count). The molecule has 0 bridgehead atoms. The molecule has 1 unspecified atom stereocenters. The smallest absolute Gasteiger partial charge is 0.254 e. The lowest BCUT2D eigenvalue weighted by atomic mass is 10.3. The summed E-state index contributed by atoms with van der Waals surface area (Å²) in [5, 5.41) is 4.07. The van der Waals surface area contributed by atoms with Crippen LogP contribution in [0.2, 0.25) is 0 Å². The van der Waals surface area contributed by atoms with Gasteiger partial charge in [-0.3, -0.25) is 0 Å². The van der Waals surface area contributed by atoms with E-state index in [1.165, 1.54) is 4.68 Å². The Morgan fingerprint density at radius 3 is 2.89 bits per heavy atom. The Morgan fingerprint density at radius 1 is 1.42 bits per heavy atom. The maximum Gasteiger partial charge on any atom is 0.254 e. The van der Waals surface area contributed by atoms with Gasteiger partial charge in [0.2, 0.25) is 0 Å². The third-order valence-corrected chi connectivity index (χ3v) is 3.75. The Bertz CT molecular complexity index is 587. The predicted octanol–water partition coefficient (Wildman–Crippen LogP) is 1.56. The largest absolute Gasteiger partial charge is 0.383 e. The highest BCUT2D eigenvalue weighted by molar-refractivity contribution is 9.10. The van der Waals surface area contributed by atoms with Crippen molar-refractivity contribution in [2.24, 2.45) is 0 Å². The molecular formula is C11H12BrFN6. The molecule has 0 radical (unpaired) electrons. The lowest BCUT2D eigenvalue weighted by molar-refractivity contribution is 0.364. The van der Waals surface area contributed by atoms with Crippen molar-refractivity contribution in [3.05, 3.63) is 22.9 Å². The number of nitrogen functional groups attached to an aromatic ring is 1. The summed E-state index contributed by atoms with van der Waals surface area (Å²) in [7, 11) is 0. The summed E-state index contributed by atoms with van der Waals surface area (Å²) in [6.45, 7) is 0.947. The molecule has 1 aliphatic heterocycles. The highest BCUT2D eigenvalue weighted by Gasteiger charge is 2.26. The first-order valence-electron chi connectivity index (χ1n) is 5.87. The normalized spacial score (nSPS) is 19.1. The third kappa shape index (κ3) is 2.27. The zero-order valence-corrected chi connectivity index (χ0v) is 11.6. The minimum Gasteiger partial charge on any atom is -0.383 e. The van der Waals surface area contributed by atoms with Crippen LogP contribution in [-0.2, 0) is 0 Å². The molecule has 0 aliphatic carbocycles. The van der Waals surface area contributed by atoms with Gasteiger partial charge in [-0.25, -0.2) is 9.07 Å². The summed E-state index contributed by atoms with van der Waals surface area (Å²) >= 11 is 3.36. The van der Waals surface area contributed by atoms with Gasteiger partial charge in [0.15, 0.2) is 5.82 Å². The summed E-state index contributed by atoms with van der Waals surface area (Å²) in [6.07, 6.45) is 3.05. The van der Waals surface area contributed by atoms with Gasteiger partial charge >= 0.3 is 0 Å². The van der Waals surface area contributed by atoms with E-state index in [1.807, 2.05) is 4.90 Å². The number of hydrogen-bond donors (Lipinski definition) is 1. The predicted molar refractivity (Wildman–Crippen MR) is 73.0 cm³/mol. The molecule has 2 aromatic heterocycles. The van der Waals surface area contributed by atoms with Gasteiger partial charge in [-0.15, -0.1) is 0 Å². The summed E-state index contributed by atoms with van der Waals surface area (Å²) in [6, 6.07) is 1.77. The quantitative estimate of drug-likeness (QED) is 0.906. The van der Waals surface area contributed by atoms with E-state index in [2.05, 4.69) is 31.0 Å². The number of hydrogen-bond acceptors (Lipinski definition) is 5. The second-order valence-electron chi connectivity index (χ2n) is 4.33. The standard InChI is InChI=1S/C11H12BrFN6/c12-8-9(14)16-11(19-4-1-3-15-19)17-10(8)18-5-2-7(13)6-18/h1,3-4,7H,2,5-6H2,(H2,14,16,17). The highest BCUT2D eigenvalue weighted by Crippen LogP contribution is 2.31. The van der Waals surface area contributed by atoms with Crippen molar-refractivity contribution in [2.45, 2.75) is 12.6 Å². The molecule has 100 valence electrons. The van der Waals surface area contributed by atoms with Gasteiger partial charge in [-0.05, 0) is 28.4 Å². The van der Waals surface area contributed by atoms with Crippen molar-refractivity contribution >= 4 is 27.6 Å². The Kier molecular flexibility index (Phi) is 3.09. The van der Waals surface area contributed by atoms with E-state index in [0.717, 1.165) is 0 Å². The van der Waals surface area contributed by atoms with Crippen molar-refractivity contribution < 1.29 is 4.39 Å². The zero-order valence-electron chi connectivity index (χ0n) is 10.0. The van der Waals surface area contributed by atoms with Crippen LogP contribution in [0, 0.1) is 0 Å². The van der Waals surface area contributed by atoms with Crippen molar-refractivity contribution in [2.75, 3.05) is 23.7 Å². The number of halogens is 2. The minimum absolute atomic E-state index is 0.317. The molecule has 0 saturated carbocycles. The first kappa shape index (κ1) is 12.3. The molecular weight excluding hydrogens is 315 g/mol. The molecule has 1 saturated heterocycles. The average molecular weight is 327 g/mol. The Hall–Kier alpha value is -1.70. The van der Waals surface area contributed by atoms with Crippen LogP contribution in [0.3, 0.4) is 0 Å². The Balaban J connectivity index is 2.03. The Morgan fingerprint density at radius 2 is 2.26 bits per heavy atom. The molecule has 1 aliphatic rings. The second kappa shape index (κ2) is 4.76. The molecule has 0 amide bonds. The molecule has 6 nitrogen and oxygen atoms in total. The number of aromatic nitrogens is 4. The van der Waals surface area contributed by atoms with Crippen LogP contribution in [0.4, 0.5) is 16.0 Å². The van der Waals surface area contributed by atoms with E-state index in [-0.39, 0.29) is 0 Å². The average Bonchev–Trinajstić information content (AvgIpc) is 3.03. The molecule has 2 N–H and O–H groups in total. The van der Waals surface area contributed by atoms with E-state index in [1.54, 1.807) is 18.5 Å². The van der Waals surface area contributed by atoms with Gasteiger partial charge in [0.05, 0.1) is 6.54 Å². The number of rotatable bonds is 2. The number of alkyl halides is 1. The van der Waals surface area contributed by atoms with Gasteiger partial charge in [-0.2, -0.15) is 15.1 Å². The van der Waals surface area contributed by atoms with E-state index >= 15 is 0 Å². The van der Waals surface area contributed by atoms with Crippen LogP contribution in [0.5, 0.6) is 0 Å². The minimum atomic E-state index is -0.823. The number of nitrogens with two attached hydrogens (primary N) is 1. The third-order valence-electron chi connectivity index (χ3n) is 2.99. The van der Waals surface area contributed by atoms with Crippen molar-refractivity contribution in [3.8, 4) is 5.95 Å². The topological polar surface area (TPSA) is 72.9 Å². The highest BCUT2D eigenvalue weighted by atomic mass is 79.9. The van der Waals surface area contributed by atoms with E-state index in [0.29, 0.717) is 41.6 Å². The molecule has 2 aromatic rings. The number of anilines is 2. The molecule has 8 heteroatoms. The van der Waals surface area contributed by atoms with Crippen LogP contribution in [0.25, 0.3) is 5.95 Å². The fraction of sp³-hybridized carbons (Fsp3) is 0.364. The van der Waals surface area contributed by atoms with Gasteiger partial charge in [0, 0.05) is 18.9 Å². The first-order valence-corrected chi connectivity index (χ1v) is 6.66. The summed E-state index contributed by atoms with van der Waals surface area (Å²) < 4.78 is 15.4. The summed E-state index contributed by atoms with van der Waals surface area (Å²) in [4.78, 5) is 10.4. The lowest BCUT2D eigenvalue weighted by Crippen LogP contribution is -2.23. The van der Waals surface area contributed by atoms with Gasteiger partial charge in [-0.1, -0.05) is 0 Å². The maximum absolute atomic E-state index is 13.3. The van der Waals surface area contributed by atoms with Gasteiger partial charge in [0.25, 0.3) is 5.95 Å². The van der Waals surface area contributed by atoms with Crippen LogP contribution in [0.1, 0.15) is 6.42 Å². The van der Waals surface area contributed by atoms with Crippen LogP contribution < -0.4 is 10.6 Å². The van der Waals surface area contributed by atoms with Gasteiger partial charge in [0.1, 0.15) is 16.5 Å². The maximum atomic E-state index is 13.3. The Labute approximate surface area is 117 Å². The van der Waals surface area contributed by atoms with E-state index < -0.39 is 6.17 Å². The fourth-order valence-electron chi connectivity index (χ4n) is 2.05. The molecule has 0 aromatic carbocycles. The van der Waals surface area contributed by atoms with Crippen LogP contribution in [-0.4, -0.2) is 39.0 Å². The second-order valence-corrected chi connectivity index (χ2v) is 5.12. The zero-order chi connectivity index (χ0) is 13.4. The van der Waals surface area contributed by atoms with E-state index in [4.69, 9.17) is 5.73 Å². The SMILES string of the molecule is Nc1nc(-n2cccn2)nc(N2CCC(F)C2)c1Br. The molecule has 3 heterocycles. The lowest BCUT2D eigenvalue weighted by Gasteiger charge is -2.19. The fourth-order valence-corrected chi connectivity index (χ4v) is 2.48. The summed E-state index contributed by atoms with van der Waals surface area (Å²) in [5.41, 5.74) is 5.87. The summed E-state index contributed by atoms with van der Waals surface area (Å²) in [5.74, 6) is 1.30. The van der Waals surface area contributed by atoms with Crippen LogP contribution >= 0.6 is 15.9 Å². The molecule has 1 fully saturated rings. The monoisotopic (exact) mass is 326 g/mol. The van der Waals surface area contributed by atoms with Crippen molar-refractivity contribution in [3.63, 3.8) is 0 Å². The van der Waals surface area contributed by atoms with E-state index in [9.17, 15) is 4.39 Å². The molecule has 19 heavy (non-hydrogen) atoms. The number of nitrogens with zero attached hydrogens (tertiary/aromatic N) is 5. The van der Waals surface area contributed by atoms with Crippen LogP contribution in [0.15, 0.2) is 22.9 Å². The molecule has 1 atom stereocenters. The molecule has 0 spiro atoms. The first-order chi connectivity index (χ1) is 9.15. The van der Waals surface area contributed by atoms with Gasteiger partial charge < -0.3 is 10.6 Å².